The van der Waals surface area contributed by atoms with Crippen LogP contribution >= 0.6 is 0 Å². The van der Waals surface area contributed by atoms with E-state index in [4.69, 9.17) is 14.2 Å². The van der Waals surface area contributed by atoms with E-state index in [9.17, 15) is 9.59 Å². The monoisotopic (exact) mass is 419 g/mol. The number of rotatable bonds is 8. The zero-order chi connectivity index (χ0) is 22.2. The van der Waals surface area contributed by atoms with Crippen LogP contribution in [0.25, 0.3) is 0 Å². The topological polar surface area (TPSA) is 73.9 Å². The molecule has 0 aliphatic heterocycles. The van der Waals surface area contributed by atoms with Crippen molar-refractivity contribution < 1.29 is 23.8 Å². The molecule has 0 heterocycles. The largest absolute Gasteiger partial charge is 0.497 e. The summed E-state index contributed by atoms with van der Waals surface area (Å²) in [5.74, 6) is 0.0976. The van der Waals surface area contributed by atoms with E-state index in [1.54, 1.807) is 19.2 Å². The van der Waals surface area contributed by atoms with Crippen molar-refractivity contribution in [3.63, 3.8) is 0 Å². The third-order valence-electron chi connectivity index (χ3n) is 4.80. The first kappa shape index (κ1) is 21.9. The number of carbonyl (C=O) groups is 2. The minimum atomic E-state index is -0.614. The number of nitrogens with one attached hydrogen (secondary N) is 1. The predicted molar refractivity (Wildman–Crippen MR) is 117 cm³/mol. The number of ether oxygens (including phenoxy) is 3. The van der Waals surface area contributed by atoms with Crippen molar-refractivity contribution in [3.8, 4) is 11.5 Å². The van der Waals surface area contributed by atoms with Gasteiger partial charge in [-0.15, -0.1) is 0 Å². The highest BCUT2D eigenvalue weighted by molar-refractivity contribution is 5.94. The molecule has 0 aromatic heterocycles. The van der Waals surface area contributed by atoms with E-state index >= 15 is 0 Å². The van der Waals surface area contributed by atoms with Gasteiger partial charge in [0.15, 0.2) is 6.61 Å². The first-order valence-corrected chi connectivity index (χ1v) is 9.82. The molecule has 0 saturated heterocycles. The van der Waals surface area contributed by atoms with E-state index in [0.29, 0.717) is 5.75 Å². The number of hydrogen-bond donors (Lipinski definition) is 1. The van der Waals surface area contributed by atoms with Gasteiger partial charge in [-0.05, 0) is 42.3 Å². The quantitative estimate of drug-likeness (QED) is 0.557. The molecule has 3 aromatic rings. The summed E-state index contributed by atoms with van der Waals surface area (Å²) in [6.07, 6.45) is 0. The summed E-state index contributed by atoms with van der Waals surface area (Å²) in [6.45, 7) is 1.46. The molecule has 1 N–H and O–H groups in total. The maximum Gasteiger partial charge on any atom is 0.342 e. The highest BCUT2D eigenvalue weighted by Gasteiger charge is 2.20. The summed E-state index contributed by atoms with van der Waals surface area (Å²) >= 11 is 0. The van der Waals surface area contributed by atoms with Gasteiger partial charge in [-0.3, -0.25) is 4.79 Å². The van der Waals surface area contributed by atoms with Crippen molar-refractivity contribution in [3.05, 3.63) is 95.1 Å². The first-order valence-electron chi connectivity index (χ1n) is 9.82. The second kappa shape index (κ2) is 10.3. The van der Waals surface area contributed by atoms with E-state index < -0.39 is 24.5 Å². The maximum atomic E-state index is 12.6. The Bertz CT molecular complexity index is 1030. The van der Waals surface area contributed by atoms with Crippen LogP contribution in [0.15, 0.2) is 72.8 Å². The van der Waals surface area contributed by atoms with E-state index in [0.717, 1.165) is 22.4 Å². The standard InChI is InChI=1S/C25H25NO5/c1-17-9-14-22(30-3)21(15-17)25(28)31-16-23(27)26-24(18-7-5-4-6-8-18)19-10-12-20(29-2)13-11-19/h4-15,24H,16H2,1-3H3,(H,26,27)/t24-/m1/s1. The Morgan fingerprint density at radius 1 is 0.871 bits per heavy atom. The molecular weight excluding hydrogens is 394 g/mol. The number of aryl methyl sites for hydroxylation is 1. The van der Waals surface area contributed by atoms with Crippen molar-refractivity contribution in [1.82, 2.24) is 5.32 Å². The van der Waals surface area contributed by atoms with Crippen LogP contribution in [0.3, 0.4) is 0 Å². The molecule has 1 amide bonds. The smallest absolute Gasteiger partial charge is 0.342 e. The molecule has 0 unspecified atom stereocenters. The Hall–Kier alpha value is -3.80. The zero-order valence-electron chi connectivity index (χ0n) is 17.8. The SMILES string of the molecule is COc1ccc([C@H](NC(=O)COC(=O)c2cc(C)ccc2OC)c2ccccc2)cc1. The Labute approximate surface area is 181 Å². The van der Waals surface area contributed by atoms with Crippen LogP contribution in [0.2, 0.25) is 0 Å². The number of esters is 1. The van der Waals surface area contributed by atoms with E-state index in [1.165, 1.54) is 7.11 Å². The van der Waals surface area contributed by atoms with Crippen LogP contribution in [-0.2, 0) is 9.53 Å². The van der Waals surface area contributed by atoms with E-state index in [-0.39, 0.29) is 5.56 Å². The lowest BCUT2D eigenvalue weighted by Crippen LogP contribution is -2.33. The van der Waals surface area contributed by atoms with Crippen LogP contribution in [0.5, 0.6) is 11.5 Å². The fourth-order valence-electron chi connectivity index (χ4n) is 3.19. The fraction of sp³-hybridized carbons (Fsp3) is 0.200. The van der Waals surface area contributed by atoms with Gasteiger partial charge in [-0.2, -0.15) is 0 Å². The average Bonchev–Trinajstić information content (AvgIpc) is 2.81. The Morgan fingerprint density at radius 2 is 1.55 bits per heavy atom. The van der Waals surface area contributed by atoms with Gasteiger partial charge in [0.2, 0.25) is 0 Å². The molecule has 6 heteroatoms. The molecule has 160 valence electrons. The molecule has 3 rings (SSSR count). The fourth-order valence-corrected chi connectivity index (χ4v) is 3.19. The summed E-state index contributed by atoms with van der Waals surface area (Å²) < 4.78 is 15.7. The number of amides is 1. The first-order chi connectivity index (χ1) is 15.0. The molecule has 31 heavy (non-hydrogen) atoms. The molecule has 0 aliphatic rings. The summed E-state index contributed by atoms with van der Waals surface area (Å²) in [6, 6.07) is 21.8. The number of carbonyl (C=O) groups excluding carboxylic acids is 2. The van der Waals surface area contributed by atoms with E-state index in [2.05, 4.69) is 5.32 Å². The van der Waals surface area contributed by atoms with Gasteiger partial charge >= 0.3 is 5.97 Å². The maximum absolute atomic E-state index is 12.6. The van der Waals surface area contributed by atoms with Crippen LogP contribution in [0.4, 0.5) is 0 Å². The summed E-state index contributed by atoms with van der Waals surface area (Å²) in [7, 11) is 3.08. The molecule has 0 radical (unpaired) electrons. The molecule has 1 atom stereocenters. The third-order valence-corrected chi connectivity index (χ3v) is 4.80. The molecular formula is C25H25NO5. The van der Waals surface area contributed by atoms with Gasteiger partial charge in [-0.1, -0.05) is 54.1 Å². The van der Waals surface area contributed by atoms with Gasteiger partial charge in [-0.25, -0.2) is 4.79 Å². The molecule has 0 bridgehead atoms. The van der Waals surface area contributed by atoms with Crippen molar-refractivity contribution in [1.29, 1.82) is 0 Å². The number of benzene rings is 3. The van der Waals surface area contributed by atoms with Crippen LogP contribution in [-0.4, -0.2) is 32.7 Å². The Morgan fingerprint density at radius 3 is 2.19 bits per heavy atom. The molecule has 0 fully saturated rings. The summed E-state index contributed by atoms with van der Waals surface area (Å²) in [4.78, 5) is 25.1. The lowest BCUT2D eigenvalue weighted by Gasteiger charge is -2.20. The van der Waals surface area contributed by atoms with Crippen molar-refractivity contribution in [2.24, 2.45) is 0 Å². The van der Waals surface area contributed by atoms with Crippen LogP contribution in [0.1, 0.15) is 33.1 Å². The van der Waals surface area contributed by atoms with Gasteiger partial charge in [0.05, 0.1) is 20.3 Å². The van der Waals surface area contributed by atoms with Crippen molar-refractivity contribution in [2.75, 3.05) is 20.8 Å². The second-order valence-electron chi connectivity index (χ2n) is 6.96. The van der Waals surface area contributed by atoms with Crippen LogP contribution < -0.4 is 14.8 Å². The highest BCUT2D eigenvalue weighted by atomic mass is 16.5. The zero-order valence-corrected chi connectivity index (χ0v) is 17.8. The van der Waals surface area contributed by atoms with Gasteiger partial charge in [0, 0.05) is 0 Å². The predicted octanol–water partition coefficient (Wildman–Crippen LogP) is 4.07. The number of methoxy groups -OCH3 is 2. The number of hydrogen-bond acceptors (Lipinski definition) is 5. The lowest BCUT2D eigenvalue weighted by molar-refractivity contribution is -0.124. The van der Waals surface area contributed by atoms with Crippen molar-refractivity contribution in [2.45, 2.75) is 13.0 Å². The molecule has 0 spiro atoms. The molecule has 6 nitrogen and oxygen atoms in total. The van der Waals surface area contributed by atoms with Gasteiger partial charge in [0.1, 0.15) is 17.1 Å². The normalized spacial score (nSPS) is 11.3. The Balaban J connectivity index is 1.72. The Kier molecular flexibility index (Phi) is 7.27. The van der Waals surface area contributed by atoms with E-state index in [1.807, 2.05) is 67.6 Å². The summed E-state index contributed by atoms with van der Waals surface area (Å²) in [5, 5.41) is 2.95. The minimum absolute atomic E-state index is 0.282. The molecule has 3 aromatic carbocycles. The van der Waals surface area contributed by atoms with Gasteiger partial charge in [0.25, 0.3) is 5.91 Å². The van der Waals surface area contributed by atoms with Crippen LogP contribution in [0, 0.1) is 6.92 Å². The average molecular weight is 419 g/mol. The molecule has 0 aliphatic carbocycles. The van der Waals surface area contributed by atoms with Crippen molar-refractivity contribution >= 4 is 11.9 Å². The highest BCUT2D eigenvalue weighted by Crippen LogP contribution is 2.24. The summed E-state index contributed by atoms with van der Waals surface area (Å²) in [5.41, 5.74) is 2.96. The lowest BCUT2D eigenvalue weighted by atomic mass is 9.98. The second-order valence-corrected chi connectivity index (χ2v) is 6.96. The minimum Gasteiger partial charge on any atom is -0.497 e. The molecule has 0 saturated carbocycles. The van der Waals surface area contributed by atoms with Gasteiger partial charge < -0.3 is 19.5 Å². The third kappa shape index (κ3) is 5.63.